The van der Waals surface area contributed by atoms with Gasteiger partial charge in [-0.25, -0.2) is 13.8 Å². The average Bonchev–Trinajstić information content (AvgIpc) is 2.11. The van der Waals surface area contributed by atoms with Crippen molar-refractivity contribution in [3.05, 3.63) is 28.0 Å². The molecule has 0 aliphatic heterocycles. The van der Waals surface area contributed by atoms with Gasteiger partial charge in [-0.1, -0.05) is 23.2 Å². The fourth-order valence-corrected chi connectivity index (χ4v) is 2.24. The van der Waals surface area contributed by atoms with Crippen LogP contribution in [0.15, 0.2) is 12.1 Å². The van der Waals surface area contributed by atoms with E-state index in [9.17, 15) is 8.78 Å². The van der Waals surface area contributed by atoms with Crippen molar-refractivity contribution >= 4 is 23.2 Å². The Morgan fingerprint density at radius 2 is 1.75 bits per heavy atom. The summed E-state index contributed by atoms with van der Waals surface area (Å²) >= 11 is 11.1. The Hall–Kier alpha value is -0.450. The number of hydrogen-bond acceptors (Lipinski definition) is 2. The van der Waals surface area contributed by atoms with E-state index >= 15 is 0 Å². The lowest BCUT2D eigenvalue weighted by Crippen LogP contribution is -2.39. The van der Waals surface area contributed by atoms with Crippen LogP contribution in [0.5, 0.6) is 0 Å². The summed E-state index contributed by atoms with van der Waals surface area (Å²) in [6.45, 7) is 0. The summed E-state index contributed by atoms with van der Waals surface area (Å²) in [7, 11) is 0. The summed E-state index contributed by atoms with van der Waals surface area (Å²) in [5.41, 5.74) is -0.241. The molecule has 1 heterocycles. The highest BCUT2D eigenvalue weighted by atomic mass is 35.5. The molecule has 88 valence electrons. The summed E-state index contributed by atoms with van der Waals surface area (Å²) in [4.78, 5) is 3.61. The predicted molar refractivity (Wildman–Crippen MR) is 56.9 cm³/mol. The van der Waals surface area contributed by atoms with E-state index in [2.05, 4.69) is 4.98 Å². The van der Waals surface area contributed by atoms with Crippen molar-refractivity contribution in [2.75, 3.05) is 0 Å². The molecule has 1 aromatic rings. The Labute approximate surface area is 101 Å². The molecule has 6 heteroatoms. The number of rotatable bonds is 2. The summed E-state index contributed by atoms with van der Waals surface area (Å²) < 4.78 is 27.8. The van der Waals surface area contributed by atoms with E-state index in [0.29, 0.717) is 0 Å². The van der Waals surface area contributed by atoms with Crippen LogP contribution in [0.1, 0.15) is 18.4 Å². The third-order valence-corrected chi connectivity index (χ3v) is 3.16. The van der Waals surface area contributed by atoms with Crippen LogP contribution < -0.4 is 0 Å². The van der Waals surface area contributed by atoms with Gasteiger partial charge in [0, 0.05) is 11.5 Å². The number of nitrogens with zero attached hydrogens (tertiary/aromatic N) is 1. The number of alkyl halides is 2. The van der Waals surface area contributed by atoms with Gasteiger partial charge in [-0.05, 0) is 25.0 Å². The molecule has 0 amide bonds. The van der Waals surface area contributed by atoms with Crippen molar-refractivity contribution in [2.45, 2.75) is 24.9 Å². The van der Waals surface area contributed by atoms with E-state index < -0.39 is 17.9 Å². The van der Waals surface area contributed by atoms with Crippen molar-refractivity contribution in [2.24, 2.45) is 5.92 Å². The van der Waals surface area contributed by atoms with Crippen molar-refractivity contribution in [3.63, 3.8) is 0 Å². The molecule has 2 rings (SSSR count). The molecule has 0 atom stereocenters. The van der Waals surface area contributed by atoms with Crippen LogP contribution in [0.2, 0.25) is 10.3 Å². The van der Waals surface area contributed by atoms with Gasteiger partial charge < -0.3 is 5.11 Å². The lowest BCUT2D eigenvalue weighted by atomic mass is 9.76. The van der Waals surface area contributed by atoms with Crippen molar-refractivity contribution < 1.29 is 13.9 Å². The quantitative estimate of drug-likeness (QED) is 0.835. The minimum atomic E-state index is -3.02. The van der Waals surface area contributed by atoms with Crippen LogP contribution in [0.4, 0.5) is 8.78 Å². The fourth-order valence-electron chi connectivity index (χ4n) is 1.78. The molecular weight excluding hydrogens is 259 g/mol. The molecule has 1 aromatic heterocycles. The third-order valence-electron chi connectivity index (χ3n) is 2.77. The predicted octanol–water partition coefficient (Wildman–Crippen LogP) is 3.25. The molecule has 0 bridgehead atoms. The molecule has 0 spiro atoms. The van der Waals surface area contributed by atoms with Crippen LogP contribution in [-0.4, -0.2) is 16.2 Å². The largest absolute Gasteiger partial charge is 0.393 e. The Kier molecular flexibility index (Phi) is 3.07. The van der Waals surface area contributed by atoms with Crippen LogP contribution in [-0.2, 0) is 5.92 Å². The average molecular weight is 268 g/mol. The highest BCUT2D eigenvalue weighted by Gasteiger charge is 2.48. The van der Waals surface area contributed by atoms with Crippen LogP contribution in [0.3, 0.4) is 0 Å². The molecule has 1 N–H and O–H groups in total. The molecule has 0 saturated heterocycles. The van der Waals surface area contributed by atoms with Crippen LogP contribution >= 0.6 is 23.2 Å². The van der Waals surface area contributed by atoms with Crippen molar-refractivity contribution in [3.8, 4) is 0 Å². The monoisotopic (exact) mass is 267 g/mol. The summed E-state index contributed by atoms with van der Waals surface area (Å²) in [5.74, 6) is -3.87. The number of aliphatic hydroxyl groups is 1. The standard InChI is InChI=1S/C10H9Cl2F2NO/c11-8-3-6(4-9(12)15-8)10(13,14)5-1-7(16)2-5/h3-5,7,16H,1-2H2. The van der Waals surface area contributed by atoms with E-state index in [4.69, 9.17) is 28.3 Å². The topological polar surface area (TPSA) is 33.1 Å². The fraction of sp³-hybridized carbons (Fsp3) is 0.500. The highest BCUT2D eigenvalue weighted by molar-refractivity contribution is 6.32. The van der Waals surface area contributed by atoms with Gasteiger partial charge in [-0.2, -0.15) is 0 Å². The lowest BCUT2D eigenvalue weighted by molar-refractivity contribution is -0.133. The zero-order chi connectivity index (χ0) is 11.9. The number of aromatic nitrogens is 1. The van der Waals surface area contributed by atoms with Gasteiger partial charge in [-0.3, -0.25) is 0 Å². The summed E-state index contributed by atoms with van der Waals surface area (Å²) in [5, 5.41) is 8.93. The van der Waals surface area contributed by atoms with E-state index in [-0.39, 0.29) is 28.7 Å². The first-order valence-corrected chi connectivity index (χ1v) is 5.54. The number of aliphatic hydroxyl groups excluding tert-OH is 1. The second-order valence-corrected chi connectivity index (χ2v) is 4.72. The maximum Gasteiger partial charge on any atom is 0.276 e. The second kappa shape index (κ2) is 4.09. The molecular formula is C10H9Cl2F2NO. The molecule has 0 radical (unpaired) electrons. The van der Waals surface area contributed by atoms with Crippen molar-refractivity contribution in [1.29, 1.82) is 0 Å². The number of pyridine rings is 1. The summed E-state index contributed by atoms with van der Waals surface area (Å²) in [6, 6.07) is 2.22. The maximum absolute atomic E-state index is 13.9. The molecule has 2 nitrogen and oxygen atoms in total. The van der Waals surface area contributed by atoms with Crippen LogP contribution in [0.25, 0.3) is 0 Å². The first-order chi connectivity index (χ1) is 7.39. The molecule has 1 aliphatic carbocycles. The van der Waals surface area contributed by atoms with Crippen molar-refractivity contribution in [1.82, 2.24) is 4.98 Å². The highest BCUT2D eigenvalue weighted by Crippen LogP contribution is 2.47. The molecule has 1 saturated carbocycles. The first kappa shape index (κ1) is 12.0. The van der Waals surface area contributed by atoms with E-state index in [0.717, 1.165) is 12.1 Å². The molecule has 1 aliphatic rings. The Balaban J connectivity index is 2.28. The minimum Gasteiger partial charge on any atom is -0.393 e. The SMILES string of the molecule is OC1CC(C(F)(F)c2cc(Cl)nc(Cl)c2)C1. The van der Waals surface area contributed by atoms with Gasteiger partial charge >= 0.3 is 0 Å². The Bertz CT molecular complexity index is 388. The zero-order valence-electron chi connectivity index (χ0n) is 8.13. The normalized spacial score (nSPS) is 25.3. The third kappa shape index (κ3) is 2.14. The molecule has 1 fully saturated rings. The lowest BCUT2D eigenvalue weighted by Gasteiger charge is -2.37. The second-order valence-electron chi connectivity index (χ2n) is 3.95. The zero-order valence-corrected chi connectivity index (χ0v) is 9.64. The smallest absolute Gasteiger partial charge is 0.276 e. The van der Waals surface area contributed by atoms with Gasteiger partial charge in [0.25, 0.3) is 5.92 Å². The minimum absolute atomic E-state index is 0.0537. The molecule has 0 unspecified atom stereocenters. The molecule has 16 heavy (non-hydrogen) atoms. The van der Waals surface area contributed by atoms with Gasteiger partial charge in [0.1, 0.15) is 10.3 Å². The van der Waals surface area contributed by atoms with Gasteiger partial charge in [0.05, 0.1) is 6.10 Å². The van der Waals surface area contributed by atoms with Gasteiger partial charge in [0.15, 0.2) is 0 Å². The number of halogens is 4. The van der Waals surface area contributed by atoms with Crippen LogP contribution in [0, 0.1) is 5.92 Å². The Morgan fingerprint density at radius 3 is 2.19 bits per heavy atom. The number of hydrogen-bond donors (Lipinski definition) is 1. The molecule has 0 aromatic carbocycles. The van der Waals surface area contributed by atoms with E-state index in [1.54, 1.807) is 0 Å². The van der Waals surface area contributed by atoms with E-state index in [1.165, 1.54) is 0 Å². The van der Waals surface area contributed by atoms with Gasteiger partial charge in [-0.15, -0.1) is 0 Å². The van der Waals surface area contributed by atoms with E-state index in [1.807, 2.05) is 0 Å². The first-order valence-electron chi connectivity index (χ1n) is 4.79. The Morgan fingerprint density at radius 1 is 1.25 bits per heavy atom. The summed E-state index contributed by atoms with van der Waals surface area (Å²) in [6.07, 6.45) is -0.418. The maximum atomic E-state index is 13.9. The van der Waals surface area contributed by atoms with Gasteiger partial charge in [0.2, 0.25) is 0 Å².